The molecule has 0 radical (unpaired) electrons. The van der Waals surface area contributed by atoms with E-state index < -0.39 is 39.7 Å². The molecule has 1 amide bonds. The van der Waals surface area contributed by atoms with Crippen LogP contribution in [0.1, 0.15) is 18.4 Å². The maximum atomic E-state index is 13.7. The van der Waals surface area contributed by atoms with E-state index in [1.165, 1.54) is 41.9 Å². The van der Waals surface area contributed by atoms with Crippen LogP contribution >= 0.6 is 0 Å². The molecule has 2 aromatic carbocycles. The van der Waals surface area contributed by atoms with E-state index in [1.54, 1.807) is 0 Å². The summed E-state index contributed by atoms with van der Waals surface area (Å²) >= 11 is 0. The number of sulfonamides is 1. The maximum absolute atomic E-state index is 13.7. The summed E-state index contributed by atoms with van der Waals surface area (Å²) in [7, 11) is -4.16. The molecule has 3 rings (SSSR count). The van der Waals surface area contributed by atoms with Gasteiger partial charge in [-0.05, 0) is 43.2 Å². The Hall–Kier alpha value is -2.60. The lowest BCUT2D eigenvalue weighted by atomic mass is 10.0. The van der Waals surface area contributed by atoms with Crippen molar-refractivity contribution in [3.63, 3.8) is 0 Å². The zero-order valence-electron chi connectivity index (χ0n) is 15.7. The van der Waals surface area contributed by atoms with E-state index in [-0.39, 0.29) is 42.2 Å². The van der Waals surface area contributed by atoms with Gasteiger partial charge in [0, 0.05) is 12.1 Å². The first-order valence-corrected chi connectivity index (χ1v) is 10.5. The largest absolute Gasteiger partial charge is 0.489 e. The molecular weight excluding hydrogens is 422 g/mol. The van der Waals surface area contributed by atoms with Gasteiger partial charge in [-0.2, -0.15) is 4.31 Å². The van der Waals surface area contributed by atoms with E-state index in [0.717, 1.165) is 10.4 Å². The number of carbonyl (C=O) groups excluding carboxylic acids is 1. The van der Waals surface area contributed by atoms with Crippen molar-refractivity contribution in [1.82, 2.24) is 9.79 Å². The van der Waals surface area contributed by atoms with Crippen molar-refractivity contribution >= 4 is 15.9 Å². The van der Waals surface area contributed by atoms with Crippen molar-refractivity contribution in [1.29, 1.82) is 0 Å². The van der Waals surface area contributed by atoms with E-state index in [4.69, 9.17) is 9.94 Å². The zero-order valence-corrected chi connectivity index (χ0v) is 16.5. The lowest BCUT2D eigenvalue weighted by Crippen LogP contribution is -2.54. The molecule has 1 heterocycles. The number of hydrogen-bond donors (Lipinski definition) is 3. The molecule has 11 heteroatoms. The average Bonchev–Trinajstić information content (AvgIpc) is 2.74. The number of ether oxygens (including phenoxy) is 1. The first kappa shape index (κ1) is 22.1. The highest BCUT2D eigenvalue weighted by atomic mass is 32.2. The first-order valence-electron chi connectivity index (χ1n) is 9.03. The topological polar surface area (TPSA) is 116 Å². The van der Waals surface area contributed by atoms with Crippen LogP contribution < -0.4 is 10.2 Å². The predicted molar refractivity (Wildman–Crippen MR) is 100.0 cm³/mol. The van der Waals surface area contributed by atoms with Gasteiger partial charge in [-0.15, -0.1) is 0 Å². The van der Waals surface area contributed by atoms with Crippen molar-refractivity contribution in [3.8, 4) is 5.75 Å². The number of benzene rings is 2. The molecule has 2 atom stereocenters. The van der Waals surface area contributed by atoms with Gasteiger partial charge in [-0.25, -0.2) is 22.7 Å². The number of aliphatic hydroxyl groups excluding tert-OH is 1. The summed E-state index contributed by atoms with van der Waals surface area (Å²) in [5.74, 6) is -2.68. The quantitative estimate of drug-likeness (QED) is 0.462. The van der Waals surface area contributed by atoms with Crippen molar-refractivity contribution in [2.24, 2.45) is 0 Å². The molecule has 0 aromatic heterocycles. The number of nitrogens with zero attached hydrogens (tertiary/aromatic N) is 1. The molecule has 30 heavy (non-hydrogen) atoms. The summed E-state index contributed by atoms with van der Waals surface area (Å²) in [4.78, 5) is 11.7. The minimum atomic E-state index is -4.16. The highest BCUT2D eigenvalue weighted by Crippen LogP contribution is 2.27. The van der Waals surface area contributed by atoms with E-state index in [0.29, 0.717) is 0 Å². The standard InChI is InChI=1S/C19H20F2N2O6S/c20-16-3-1-2-12(18(16)21)11-29-14-5-7-15(8-6-14)30(27,28)23-10-13(24)4-9-17(23)19(25)22-26/h1-3,5-8,13,17,24,26H,4,9-11H2,(H,22,25). The van der Waals surface area contributed by atoms with Crippen LogP contribution in [0.15, 0.2) is 47.4 Å². The Labute approximate surface area is 171 Å². The highest BCUT2D eigenvalue weighted by molar-refractivity contribution is 7.89. The fraction of sp³-hybridized carbons (Fsp3) is 0.316. The minimum absolute atomic E-state index is 0.00635. The van der Waals surface area contributed by atoms with Crippen LogP contribution in [0.2, 0.25) is 0 Å². The van der Waals surface area contributed by atoms with Crippen LogP contribution in [0.5, 0.6) is 5.75 Å². The van der Waals surface area contributed by atoms with E-state index in [1.807, 2.05) is 0 Å². The molecule has 0 bridgehead atoms. The maximum Gasteiger partial charge on any atom is 0.261 e. The number of β-amino-alcohol motifs (C(OH)–C–C–N with tert-alkyl or cyclic N) is 1. The Morgan fingerprint density at radius 1 is 1.17 bits per heavy atom. The van der Waals surface area contributed by atoms with Crippen LogP contribution in [-0.4, -0.2) is 47.6 Å². The number of nitrogens with one attached hydrogen (secondary N) is 1. The Morgan fingerprint density at radius 2 is 1.87 bits per heavy atom. The number of hydroxylamine groups is 1. The molecule has 1 saturated heterocycles. The molecule has 1 aliphatic rings. The molecule has 0 saturated carbocycles. The van der Waals surface area contributed by atoms with E-state index in [9.17, 15) is 27.1 Å². The minimum Gasteiger partial charge on any atom is -0.489 e. The van der Waals surface area contributed by atoms with Crippen LogP contribution in [-0.2, 0) is 21.4 Å². The van der Waals surface area contributed by atoms with Gasteiger partial charge in [0.15, 0.2) is 11.6 Å². The lowest BCUT2D eigenvalue weighted by molar-refractivity contribution is -0.135. The van der Waals surface area contributed by atoms with Crippen LogP contribution in [0.25, 0.3) is 0 Å². The smallest absolute Gasteiger partial charge is 0.261 e. The number of piperidine rings is 1. The number of rotatable bonds is 6. The third kappa shape index (κ3) is 4.59. The summed E-state index contributed by atoms with van der Waals surface area (Å²) < 4.78 is 59.1. The van der Waals surface area contributed by atoms with Gasteiger partial charge < -0.3 is 9.84 Å². The number of carbonyl (C=O) groups is 1. The van der Waals surface area contributed by atoms with Crippen molar-refractivity contribution in [3.05, 3.63) is 59.7 Å². The summed E-state index contributed by atoms with van der Waals surface area (Å²) in [5.41, 5.74) is 1.46. The van der Waals surface area contributed by atoms with Crippen LogP contribution in [0, 0.1) is 11.6 Å². The second-order valence-corrected chi connectivity index (χ2v) is 8.66. The van der Waals surface area contributed by atoms with Gasteiger partial charge in [0.2, 0.25) is 10.0 Å². The number of hydrogen-bond acceptors (Lipinski definition) is 6. The SMILES string of the molecule is O=C(NO)C1CCC(O)CN1S(=O)(=O)c1ccc(OCc2cccc(F)c2F)cc1. The molecule has 2 aromatic rings. The van der Waals surface area contributed by atoms with Crippen LogP contribution in [0.3, 0.4) is 0 Å². The summed E-state index contributed by atoms with van der Waals surface area (Å²) in [6, 6.07) is 7.69. The van der Waals surface area contributed by atoms with Gasteiger partial charge >= 0.3 is 0 Å². The average molecular weight is 442 g/mol. The third-order valence-corrected chi connectivity index (χ3v) is 6.67. The molecule has 0 spiro atoms. The molecule has 1 aliphatic heterocycles. The van der Waals surface area contributed by atoms with Gasteiger partial charge in [0.1, 0.15) is 18.4 Å². The molecule has 162 valence electrons. The molecule has 0 aliphatic carbocycles. The second kappa shape index (κ2) is 9.04. The Balaban J connectivity index is 1.76. The second-order valence-electron chi connectivity index (χ2n) is 6.77. The first-order chi connectivity index (χ1) is 14.2. The number of halogens is 2. The molecular formula is C19H20F2N2O6S. The Morgan fingerprint density at radius 3 is 2.53 bits per heavy atom. The molecule has 3 N–H and O–H groups in total. The fourth-order valence-electron chi connectivity index (χ4n) is 3.19. The molecule has 2 unspecified atom stereocenters. The monoisotopic (exact) mass is 442 g/mol. The fourth-order valence-corrected chi connectivity index (χ4v) is 4.84. The molecule has 1 fully saturated rings. The van der Waals surface area contributed by atoms with E-state index >= 15 is 0 Å². The van der Waals surface area contributed by atoms with Gasteiger partial charge in [-0.3, -0.25) is 10.0 Å². The summed E-state index contributed by atoms with van der Waals surface area (Å²) in [6.07, 6.45) is -0.674. The van der Waals surface area contributed by atoms with Gasteiger partial charge in [0.25, 0.3) is 5.91 Å². The predicted octanol–water partition coefficient (Wildman–Crippen LogP) is 1.56. The van der Waals surface area contributed by atoms with Crippen molar-refractivity contribution in [2.75, 3.05) is 6.54 Å². The number of amides is 1. The van der Waals surface area contributed by atoms with Crippen molar-refractivity contribution in [2.45, 2.75) is 36.5 Å². The lowest BCUT2D eigenvalue weighted by Gasteiger charge is -2.35. The van der Waals surface area contributed by atoms with Crippen LogP contribution in [0.4, 0.5) is 8.78 Å². The Kier molecular flexibility index (Phi) is 6.66. The normalized spacial score (nSPS) is 20.0. The van der Waals surface area contributed by atoms with E-state index in [2.05, 4.69) is 0 Å². The van der Waals surface area contributed by atoms with Crippen molar-refractivity contribution < 1.29 is 37.0 Å². The van der Waals surface area contributed by atoms with Gasteiger partial charge in [0.05, 0.1) is 11.0 Å². The molecule has 8 nitrogen and oxygen atoms in total. The number of aliphatic hydroxyl groups is 1. The third-order valence-electron chi connectivity index (χ3n) is 4.78. The highest BCUT2D eigenvalue weighted by Gasteiger charge is 2.40. The zero-order chi connectivity index (χ0) is 21.9. The van der Waals surface area contributed by atoms with Gasteiger partial charge in [-0.1, -0.05) is 12.1 Å². The summed E-state index contributed by atoms with van der Waals surface area (Å²) in [5, 5.41) is 18.7. The Bertz CT molecular complexity index is 1020. The summed E-state index contributed by atoms with van der Waals surface area (Å²) in [6.45, 7) is -0.551.